The molecule has 1 aromatic carbocycles. The first kappa shape index (κ1) is 13.2. The minimum absolute atomic E-state index is 0.315. The van der Waals surface area contributed by atoms with E-state index in [4.69, 9.17) is 5.26 Å². The zero-order valence-corrected chi connectivity index (χ0v) is 11.8. The molecule has 5 heteroatoms. The van der Waals surface area contributed by atoms with Crippen molar-refractivity contribution in [2.45, 2.75) is 13.1 Å². The van der Waals surface area contributed by atoms with Gasteiger partial charge >= 0.3 is 0 Å². The third-order valence-corrected chi connectivity index (χ3v) is 4.05. The van der Waals surface area contributed by atoms with Gasteiger partial charge in [-0.15, -0.1) is 11.3 Å². The summed E-state index contributed by atoms with van der Waals surface area (Å²) in [6.07, 6.45) is 0. The zero-order valence-electron chi connectivity index (χ0n) is 9.41. The maximum Gasteiger partial charge on any atom is 0.123 e. The van der Waals surface area contributed by atoms with Crippen molar-refractivity contribution >= 4 is 27.3 Å². The number of nitrogens with one attached hydrogen (secondary N) is 1. The van der Waals surface area contributed by atoms with Crippen molar-refractivity contribution in [2.24, 2.45) is 0 Å². The third kappa shape index (κ3) is 3.39. The number of hydrogen-bond donors (Lipinski definition) is 1. The molecule has 92 valence electrons. The number of nitriles is 1. The summed E-state index contributed by atoms with van der Waals surface area (Å²) in [6, 6.07) is 10.3. The molecule has 0 aliphatic rings. The summed E-state index contributed by atoms with van der Waals surface area (Å²) >= 11 is 5.05. The van der Waals surface area contributed by atoms with Gasteiger partial charge in [0.15, 0.2) is 0 Å². The fourth-order valence-corrected chi connectivity index (χ4v) is 3.04. The van der Waals surface area contributed by atoms with E-state index in [9.17, 15) is 4.39 Å². The lowest BCUT2D eigenvalue weighted by Crippen LogP contribution is -2.13. The van der Waals surface area contributed by atoms with Crippen molar-refractivity contribution in [3.63, 3.8) is 0 Å². The topological polar surface area (TPSA) is 35.8 Å². The normalized spacial score (nSPS) is 10.3. The molecule has 0 atom stereocenters. The molecule has 0 radical (unpaired) electrons. The number of halogens is 2. The van der Waals surface area contributed by atoms with Crippen LogP contribution in [-0.2, 0) is 13.1 Å². The lowest BCUT2D eigenvalue weighted by Gasteiger charge is -2.05. The highest BCUT2D eigenvalue weighted by Crippen LogP contribution is 2.21. The molecule has 2 aromatic rings. The Morgan fingerprint density at radius 1 is 1.28 bits per heavy atom. The van der Waals surface area contributed by atoms with Gasteiger partial charge in [0, 0.05) is 18.0 Å². The maximum atomic E-state index is 13.1. The first-order chi connectivity index (χ1) is 8.69. The van der Waals surface area contributed by atoms with E-state index in [0.717, 1.165) is 3.79 Å². The van der Waals surface area contributed by atoms with Crippen molar-refractivity contribution in [1.82, 2.24) is 5.32 Å². The van der Waals surface area contributed by atoms with Gasteiger partial charge in [0.1, 0.15) is 5.82 Å². The summed E-state index contributed by atoms with van der Waals surface area (Å²) in [4.78, 5) is 1.19. The van der Waals surface area contributed by atoms with E-state index in [-0.39, 0.29) is 5.82 Å². The predicted molar refractivity (Wildman–Crippen MR) is 73.7 cm³/mol. The molecule has 0 amide bonds. The molecule has 0 bridgehead atoms. The first-order valence-corrected chi connectivity index (χ1v) is 6.93. The second-order valence-corrected chi connectivity index (χ2v) is 6.27. The summed E-state index contributed by atoms with van der Waals surface area (Å²) in [5, 5.41) is 12.1. The van der Waals surface area contributed by atoms with Gasteiger partial charge in [0.25, 0.3) is 0 Å². The minimum atomic E-state index is -0.315. The predicted octanol–water partition coefficient (Wildman–Crippen LogP) is 3.81. The summed E-state index contributed by atoms with van der Waals surface area (Å²) in [5.74, 6) is -0.315. The minimum Gasteiger partial charge on any atom is -0.308 e. The van der Waals surface area contributed by atoms with E-state index in [0.29, 0.717) is 24.2 Å². The standard InChI is InChI=1S/C13H10BrFN2S/c14-13-4-3-12(18-13)8-17-7-10-5-11(15)2-1-9(10)6-16/h1-5,17H,7-8H2. The second-order valence-electron chi connectivity index (χ2n) is 3.72. The maximum absolute atomic E-state index is 13.1. The fourth-order valence-electron chi connectivity index (χ4n) is 1.58. The Kier molecular flexibility index (Phi) is 4.48. The molecule has 1 heterocycles. The third-order valence-electron chi connectivity index (χ3n) is 2.43. The highest BCUT2D eigenvalue weighted by atomic mass is 79.9. The van der Waals surface area contributed by atoms with E-state index >= 15 is 0 Å². The average Bonchev–Trinajstić information content (AvgIpc) is 2.75. The molecular weight excluding hydrogens is 315 g/mol. The van der Waals surface area contributed by atoms with E-state index in [1.54, 1.807) is 11.3 Å². The average molecular weight is 325 g/mol. The molecular formula is C13H10BrFN2S. The van der Waals surface area contributed by atoms with Crippen LogP contribution in [0.2, 0.25) is 0 Å². The van der Waals surface area contributed by atoms with Gasteiger partial charge < -0.3 is 5.32 Å². The van der Waals surface area contributed by atoms with Crippen molar-refractivity contribution in [3.8, 4) is 6.07 Å². The van der Waals surface area contributed by atoms with Gasteiger partial charge in [-0.25, -0.2) is 4.39 Å². The Morgan fingerprint density at radius 3 is 2.78 bits per heavy atom. The van der Waals surface area contributed by atoms with Gasteiger partial charge in [-0.1, -0.05) is 0 Å². The van der Waals surface area contributed by atoms with Crippen molar-refractivity contribution in [2.75, 3.05) is 0 Å². The number of thiophene rings is 1. The van der Waals surface area contributed by atoms with Gasteiger partial charge in [-0.05, 0) is 51.8 Å². The van der Waals surface area contributed by atoms with Crippen LogP contribution in [0.1, 0.15) is 16.0 Å². The first-order valence-electron chi connectivity index (χ1n) is 5.32. The largest absolute Gasteiger partial charge is 0.308 e. The molecule has 0 saturated heterocycles. The monoisotopic (exact) mass is 324 g/mol. The summed E-state index contributed by atoms with van der Waals surface area (Å²) in [7, 11) is 0. The van der Waals surface area contributed by atoms with Crippen LogP contribution < -0.4 is 5.32 Å². The Bertz CT molecular complexity index is 589. The molecule has 2 rings (SSSR count). The van der Waals surface area contributed by atoms with E-state index in [1.807, 2.05) is 12.1 Å². The second kappa shape index (κ2) is 6.10. The van der Waals surface area contributed by atoms with Crippen LogP contribution in [0.15, 0.2) is 34.1 Å². The van der Waals surface area contributed by atoms with Crippen LogP contribution in [0.5, 0.6) is 0 Å². The van der Waals surface area contributed by atoms with Crippen molar-refractivity contribution < 1.29 is 4.39 Å². The summed E-state index contributed by atoms with van der Waals surface area (Å²) < 4.78 is 14.2. The van der Waals surface area contributed by atoms with Crippen molar-refractivity contribution in [1.29, 1.82) is 5.26 Å². The highest BCUT2D eigenvalue weighted by Gasteiger charge is 2.04. The zero-order chi connectivity index (χ0) is 13.0. The molecule has 1 aromatic heterocycles. The number of hydrogen-bond acceptors (Lipinski definition) is 3. The smallest absolute Gasteiger partial charge is 0.123 e. The molecule has 0 unspecified atom stereocenters. The number of rotatable bonds is 4. The number of benzene rings is 1. The molecule has 0 saturated carbocycles. The van der Waals surface area contributed by atoms with Crippen LogP contribution in [0, 0.1) is 17.1 Å². The molecule has 0 fully saturated rings. The van der Waals surface area contributed by atoms with E-state index < -0.39 is 0 Å². The lowest BCUT2D eigenvalue weighted by atomic mass is 10.1. The van der Waals surface area contributed by atoms with Gasteiger partial charge in [-0.2, -0.15) is 5.26 Å². The van der Waals surface area contributed by atoms with Crippen molar-refractivity contribution in [3.05, 3.63) is 55.9 Å². The lowest BCUT2D eigenvalue weighted by molar-refractivity contribution is 0.620. The molecule has 18 heavy (non-hydrogen) atoms. The van der Waals surface area contributed by atoms with Crippen LogP contribution in [0.3, 0.4) is 0 Å². The number of nitrogens with zero attached hydrogens (tertiary/aromatic N) is 1. The Morgan fingerprint density at radius 2 is 2.11 bits per heavy atom. The molecule has 0 spiro atoms. The Balaban J connectivity index is 1.98. The van der Waals surface area contributed by atoms with Gasteiger partial charge in [-0.3, -0.25) is 0 Å². The molecule has 0 aliphatic heterocycles. The van der Waals surface area contributed by atoms with Crippen LogP contribution in [0.25, 0.3) is 0 Å². The molecule has 1 N–H and O–H groups in total. The van der Waals surface area contributed by atoms with Crippen LogP contribution >= 0.6 is 27.3 Å². The Hall–Kier alpha value is -1.22. The molecule has 0 aliphatic carbocycles. The van der Waals surface area contributed by atoms with E-state index in [1.165, 1.54) is 23.1 Å². The highest BCUT2D eigenvalue weighted by molar-refractivity contribution is 9.11. The quantitative estimate of drug-likeness (QED) is 0.928. The Labute approximate surface area is 117 Å². The summed E-state index contributed by atoms with van der Waals surface area (Å²) in [5.41, 5.74) is 1.20. The van der Waals surface area contributed by atoms with Gasteiger partial charge in [0.05, 0.1) is 15.4 Å². The van der Waals surface area contributed by atoms with Gasteiger partial charge in [0.2, 0.25) is 0 Å². The van der Waals surface area contributed by atoms with E-state index in [2.05, 4.69) is 27.3 Å². The molecule has 2 nitrogen and oxygen atoms in total. The van der Waals surface area contributed by atoms with Crippen LogP contribution in [-0.4, -0.2) is 0 Å². The van der Waals surface area contributed by atoms with Crippen LogP contribution in [0.4, 0.5) is 4.39 Å². The summed E-state index contributed by atoms with van der Waals surface area (Å²) in [6.45, 7) is 1.19. The SMILES string of the molecule is N#Cc1ccc(F)cc1CNCc1ccc(Br)s1. The fraction of sp³-hybridized carbons (Fsp3) is 0.154.